The topological polar surface area (TPSA) is 24.9 Å². The van der Waals surface area contributed by atoms with Gasteiger partial charge in [0.1, 0.15) is 0 Å². The van der Waals surface area contributed by atoms with Crippen LogP contribution in [0.2, 0.25) is 0 Å². The Morgan fingerprint density at radius 2 is 2.12 bits per heavy atom. The molecule has 0 aliphatic heterocycles. The molecule has 0 aliphatic rings. The number of aryl methyl sites for hydroxylation is 2. The molecule has 0 fully saturated rings. The van der Waals surface area contributed by atoms with E-state index in [2.05, 4.69) is 40.8 Å². The zero-order chi connectivity index (χ0) is 11.5. The van der Waals surface area contributed by atoms with E-state index in [1.807, 2.05) is 20.0 Å². The van der Waals surface area contributed by atoms with E-state index in [1.54, 1.807) is 11.3 Å². The third-order valence-electron chi connectivity index (χ3n) is 2.58. The van der Waals surface area contributed by atoms with Gasteiger partial charge in [-0.05, 0) is 50.0 Å². The van der Waals surface area contributed by atoms with Crippen LogP contribution < -0.4 is 5.32 Å². The van der Waals surface area contributed by atoms with E-state index in [4.69, 9.17) is 0 Å². The van der Waals surface area contributed by atoms with Crippen molar-refractivity contribution in [2.24, 2.45) is 0 Å². The molecule has 0 bridgehead atoms. The molecule has 0 amide bonds. The van der Waals surface area contributed by atoms with Gasteiger partial charge in [-0.2, -0.15) is 0 Å². The smallest absolute Gasteiger partial charge is 0.0757 e. The SMILES string of the molecule is CNC(c1csc(C)c1)c1cccc(C)n1. The fourth-order valence-electron chi connectivity index (χ4n) is 1.83. The van der Waals surface area contributed by atoms with Crippen LogP contribution in [0, 0.1) is 13.8 Å². The van der Waals surface area contributed by atoms with Gasteiger partial charge in [-0.3, -0.25) is 4.98 Å². The first-order valence-electron chi connectivity index (χ1n) is 5.36. The van der Waals surface area contributed by atoms with Crippen molar-refractivity contribution in [2.45, 2.75) is 19.9 Å². The maximum Gasteiger partial charge on any atom is 0.0757 e. The van der Waals surface area contributed by atoms with Gasteiger partial charge in [0.2, 0.25) is 0 Å². The predicted octanol–water partition coefficient (Wildman–Crippen LogP) is 3.07. The first-order chi connectivity index (χ1) is 7.70. The number of nitrogens with zero attached hydrogens (tertiary/aromatic N) is 1. The molecule has 0 saturated heterocycles. The average Bonchev–Trinajstić information content (AvgIpc) is 2.66. The minimum atomic E-state index is 0.199. The lowest BCUT2D eigenvalue weighted by molar-refractivity contribution is 0.670. The van der Waals surface area contributed by atoms with Crippen molar-refractivity contribution in [2.75, 3.05) is 7.05 Å². The third-order valence-corrected chi connectivity index (χ3v) is 3.46. The second-order valence-corrected chi connectivity index (χ2v) is 5.03. The Labute approximate surface area is 100 Å². The minimum absolute atomic E-state index is 0.199. The van der Waals surface area contributed by atoms with Crippen LogP contribution in [0.15, 0.2) is 29.6 Å². The first-order valence-corrected chi connectivity index (χ1v) is 6.24. The zero-order valence-electron chi connectivity index (χ0n) is 9.82. The van der Waals surface area contributed by atoms with E-state index in [0.717, 1.165) is 11.4 Å². The van der Waals surface area contributed by atoms with E-state index < -0.39 is 0 Å². The maximum atomic E-state index is 4.57. The first kappa shape index (κ1) is 11.3. The van der Waals surface area contributed by atoms with Crippen LogP contribution >= 0.6 is 11.3 Å². The Morgan fingerprint density at radius 3 is 2.69 bits per heavy atom. The Hall–Kier alpha value is -1.19. The van der Waals surface area contributed by atoms with Gasteiger partial charge in [0.15, 0.2) is 0 Å². The normalized spacial score (nSPS) is 12.7. The summed E-state index contributed by atoms with van der Waals surface area (Å²) in [4.78, 5) is 5.91. The Kier molecular flexibility index (Phi) is 3.36. The fraction of sp³-hybridized carbons (Fsp3) is 0.308. The molecule has 1 unspecified atom stereocenters. The highest BCUT2D eigenvalue weighted by molar-refractivity contribution is 7.10. The molecule has 2 nitrogen and oxygen atoms in total. The molecule has 0 aliphatic carbocycles. The summed E-state index contributed by atoms with van der Waals surface area (Å²) in [6.45, 7) is 4.15. The maximum absolute atomic E-state index is 4.57. The molecule has 16 heavy (non-hydrogen) atoms. The van der Waals surface area contributed by atoms with Gasteiger partial charge in [0.25, 0.3) is 0 Å². The second-order valence-electron chi connectivity index (χ2n) is 3.92. The third kappa shape index (κ3) is 2.31. The fourth-order valence-corrected chi connectivity index (χ4v) is 2.56. The number of thiophene rings is 1. The van der Waals surface area contributed by atoms with Crippen molar-refractivity contribution >= 4 is 11.3 Å². The molecule has 2 aromatic rings. The summed E-state index contributed by atoms with van der Waals surface area (Å²) >= 11 is 1.78. The lowest BCUT2D eigenvalue weighted by Gasteiger charge is -2.14. The minimum Gasteiger partial charge on any atom is -0.308 e. The van der Waals surface area contributed by atoms with Crippen LogP contribution in [0.25, 0.3) is 0 Å². The van der Waals surface area contributed by atoms with Crippen LogP contribution in [0.5, 0.6) is 0 Å². The summed E-state index contributed by atoms with van der Waals surface area (Å²) < 4.78 is 0. The highest BCUT2D eigenvalue weighted by atomic mass is 32.1. The Balaban J connectivity index is 2.36. The average molecular weight is 232 g/mol. The van der Waals surface area contributed by atoms with Crippen LogP contribution in [0.4, 0.5) is 0 Å². The number of hydrogen-bond acceptors (Lipinski definition) is 3. The number of aromatic nitrogens is 1. The molecule has 0 saturated carbocycles. The number of pyridine rings is 1. The summed E-state index contributed by atoms with van der Waals surface area (Å²) in [5.74, 6) is 0. The van der Waals surface area contributed by atoms with Crippen molar-refractivity contribution in [1.29, 1.82) is 0 Å². The van der Waals surface area contributed by atoms with Gasteiger partial charge in [-0.25, -0.2) is 0 Å². The van der Waals surface area contributed by atoms with E-state index in [9.17, 15) is 0 Å². The summed E-state index contributed by atoms with van der Waals surface area (Å²) in [7, 11) is 1.97. The molecule has 2 rings (SSSR count). The number of rotatable bonds is 3. The largest absolute Gasteiger partial charge is 0.308 e. The van der Waals surface area contributed by atoms with Gasteiger partial charge in [0, 0.05) is 10.6 Å². The quantitative estimate of drug-likeness (QED) is 0.879. The molecule has 2 heterocycles. The van der Waals surface area contributed by atoms with E-state index in [0.29, 0.717) is 0 Å². The van der Waals surface area contributed by atoms with E-state index in [1.165, 1.54) is 10.4 Å². The molecule has 0 aromatic carbocycles. The predicted molar refractivity (Wildman–Crippen MR) is 68.9 cm³/mol. The number of nitrogens with one attached hydrogen (secondary N) is 1. The van der Waals surface area contributed by atoms with Crippen molar-refractivity contribution in [3.8, 4) is 0 Å². The van der Waals surface area contributed by atoms with Crippen LogP contribution in [0.3, 0.4) is 0 Å². The van der Waals surface area contributed by atoms with Crippen molar-refractivity contribution in [3.05, 3.63) is 51.5 Å². The van der Waals surface area contributed by atoms with Crippen LogP contribution in [-0.4, -0.2) is 12.0 Å². The second kappa shape index (κ2) is 4.76. The molecule has 0 spiro atoms. The molecular formula is C13H16N2S. The van der Waals surface area contributed by atoms with Crippen molar-refractivity contribution in [1.82, 2.24) is 10.3 Å². The number of hydrogen-bond donors (Lipinski definition) is 1. The van der Waals surface area contributed by atoms with Crippen molar-refractivity contribution < 1.29 is 0 Å². The highest BCUT2D eigenvalue weighted by Crippen LogP contribution is 2.24. The standard InChI is InChI=1S/C13H16N2S/c1-9-5-4-6-12(15-9)13(14-3)11-7-10(2)16-8-11/h4-8,13-14H,1-3H3. The monoisotopic (exact) mass is 232 g/mol. The summed E-state index contributed by atoms with van der Waals surface area (Å²) in [5, 5.41) is 5.51. The van der Waals surface area contributed by atoms with E-state index >= 15 is 0 Å². The van der Waals surface area contributed by atoms with Crippen molar-refractivity contribution in [3.63, 3.8) is 0 Å². The molecule has 1 N–H and O–H groups in total. The summed E-state index contributed by atoms with van der Waals surface area (Å²) in [6.07, 6.45) is 0. The Bertz CT molecular complexity index is 476. The molecule has 2 aromatic heterocycles. The van der Waals surface area contributed by atoms with E-state index in [-0.39, 0.29) is 6.04 Å². The lowest BCUT2D eigenvalue weighted by atomic mass is 10.1. The molecule has 1 atom stereocenters. The zero-order valence-corrected chi connectivity index (χ0v) is 10.6. The summed E-state index contributed by atoms with van der Waals surface area (Å²) in [6, 6.07) is 8.57. The molecule has 0 radical (unpaired) electrons. The van der Waals surface area contributed by atoms with Gasteiger partial charge >= 0.3 is 0 Å². The van der Waals surface area contributed by atoms with Crippen LogP contribution in [0.1, 0.15) is 27.9 Å². The van der Waals surface area contributed by atoms with Crippen LogP contribution in [-0.2, 0) is 0 Å². The Morgan fingerprint density at radius 1 is 1.31 bits per heavy atom. The van der Waals surface area contributed by atoms with Gasteiger partial charge in [0.05, 0.1) is 11.7 Å². The van der Waals surface area contributed by atoms with Gasteiger partial charge in [-0.15, -0.1) is 11.3 Å². The molecule has 3 heteroatoms. The lowest BCUT2D eigenvalue weighted by Crippen LogP contribution is -2.18. The highest BCUT2D eigenvalue weighted by Gasteiger charge is 2.14. The van der Waals surface area contributed by atoms with Gasteiger partial charge < -0.3 is 5.32 Å². The molecule has 84 valence electrons. The molecular weight excluding hydrogens is 216 g/mol. The van der Waals surface area contributed by atoms with Gasteiger partial charge in [-0.1, -0.05) is 6.07 Å². The summed E-state index contributed by atoms with van der Waals surface area (Å²) in [5.41, 5.74) is 3.44.